The quantitative estimate of drug-likeness (QED) is 0.693. The number of hydrogen-bond donors (Lipinski definition) is 0. The molecule has 0 aromatic heterocycles. The Labute approximate surface area is 82.7 Å². The van der Waals surface area contributed by atoms with E-state index in [-0.39, 0.29) is 0 Å². The first-order valence-electron chi connectivity index (χ1n) is 2.82. The number of rotatable bonds is 3. The summed E-state index contributed by atoms with van der Waals surface area (Å²) in [6, 6.07) is 0. The minimum Gasteiger partial charge on any atom is -0.366 e. The minimum absolute atomic E-state index is 0.711. The summed E-state index contributed by atoms with van der Waals surface area (Å²) in [4.78, 5) is 0. The third-order valence-corrected chi connectivity index (χ3v) is 2.16. The molecule has 74 valence electrons. The fourth-order valence-corrected chi connectivity index (χ4v) is 1.07. The van der Waals surface area contributed by atoms with Gasteiger partial charge in [0.15, 0.2) is 0 Å². The normalized spacial score (nSPS) is 16.2. The fourth-order valence-electron chi connectivity index (χ4n) is 0.401. The van der Waals surface area contributed by atoms with Crippen molar-refractivity contribution in [2.75, 3.05) is 7.11 Å². The second-order valence-electron chi connectivity index (χ2n) is 2.05. The summed E-state index contributed by atoms with van der Waals surface area (Å²) < 4.78 is 37.4. The average Bonchev–Trinajstić information content (AvgIpc) is 1.84. The molecule has 0 N–H and O–H groups in total. The SMILES string of the molecule is COC(Cl)CC(Cl)(Cl)C(F)(F)F. The van der Waals surface area contributed by atoms with Crippen LogP contribution in [-0.2, 0) is 4.74 Å². The van der Waals surface area contributed by atoms with Gasteiger partial charge in [-0.05, 0) is 0 Å². The van der Waals surface area contributed by atoms with Crippen LogP contribution in [-0.4, -0.2) is 23.2 Å². The second kappa shape index (κ2) is 4.22. The highest BCUT2D eigenvalue weighted by atomic mass is 35.5. The number of ether oxygens (including phenoxy) is 1. The summed E-state index contributed by atoms with van der Waals surface area (Å²) in [5.41, 5.74) is -1.15. The van der Waals surface area contributed by atoms with E-state index in [0.717, 1.165) is 7.11 Å². The summed E-state index contributed by atoms with van der Waals surface area (Å²) in [7, 11) is 1.16. The van der Waals surface area contributed by atoms with Crippen molar-refractivity contribution < 1.29 is 17.9 Å². The van der Waals surface area contributed by atoms with Gasteiger partial charge in [0.2, 0.25) is 4.33 Å². The Morgan fingerprint density at radius 3 is 2.00 bits per heavy atom. The molecule has 0 spiro atoms. The Bertz CT molecular complexity index is 147. The molecule has 0 saturated carbocycles. The molecule has 0 aromatic carbocycles. The van der Waals surface area contributed by atoms with E-state index in [9.17, 15) is 13.2 Å². The van der Waals surface area contributed by atoms with Crippen LogP contribution in [0.1, 0.15) is 6.42 Å². The zero-order chi connectivity index (χ0) is 9.99. The highest BCUT2D eigenvalue weighted by molar-refractivity contribution is 6.49. The van der Waals surface area contributed by atoms with Gasteiger partial charge in [-0.25, -0.2) is 0 Å². The first-order valence-corrected chi connectivity index (χ1v) is 4.01. The Morgan fingerprint density at radius 1 is 1.33 bits per heavy atom. The molecule has 0 aliphatic carbocycles. The fraction of sp³-hybridized carbons (Fsp3) is 1.00. The molecule has 0 saturated heterocycles. The average molecular weight is 245 g/mol. The van der Waals surface area contributed by atoms with E-state index in [1.165, 1.54) is 0 Å². The zero-order valence-electron chi connectivity index (χ0n) is 5.96. The smallest absolute Gasteiger partial charge is 0.366 e. The monoisotopic (exact) mass is 244 g/mol. The van der Waals surface area contributed by atoms with Crippen LogP contribution in [0.5, 0.6) is 0 Å². The predicted molar refractivity (Wildman–Crippen MR) is 41.8 cm³/mol. The van der Waals surface area contributed by atoms with Crippen LogP contribution in [0.15, 0.2) is 0 Å². The molecule has 12 heavy (non-hydrogen) atoms. The Hall–Kier alpha value is 0.620. The first kappa shape index (κ1) is 12.6. The summed E-state index contributed by atoms with van der Waals surface area (Å²) >= 11 is 15.2. The van der Waals surface area contributed by atoms with Crippen LogP contribution in [0.3, 0.4) is 0 Å². The van der Waals surface area contributed by atoms with Gasteiger partial charge < -0.3 is 4.74 Å². The van der Waals surface area contributed by atoms with Crippen LogP contribution in [0, 0.1) is 0 Å². The van der Waals surface area contributed by atoms with E-state index in [2.05, 4.69) is 4.74 Å². The number of halogens is 6. The largest absolute Gasteiger partial charge is 0.421 e. The zero-order valence-corrected chi connectivity index (χ0v) is 8.23. The molecule has 0 aliphatic rings. The lowest BCUT2D eigenvalue weighted by Crippen LogP contribution is -2.36. The van der Waals surface area contributed by atoms with Crippen molar-refractivity contribution in [2.24, 2.45) is 0 Å². The topological polar surface area (TPSA) is 9.23 Å². The lowest BCUT2D eigenvalue weighted by atomic mass is 10.3. The maximum Gasteiger partial charge on any atom is 0.421 e. The first-order chi connectivity index (χ1) is 5.20. The van der Waals surface area contributed by atoms with Gasteiger partial charge in [-0.2, -0.15) is 13.2 Å². The standard InChI is InChI=1S/C5H6Cl3F3O/c1-12-3(6)2-4(7,8)5(9,10)11/h3H,2H2,1H3. The molecule has 0 aromatic rings. The van der Waals surface area contributed by atoms with E-state index in [1.807, 2.05) is 0 Å². The van der Waals surface area contributed by atoms with Crippen LogP contribution in [0.25, 0.3) is 0 Å². The van der Waals surface area contributed by atoms with Gasteiger partial charge in [0.05, 0.1) is 0 Å². The highest BCUT2D eigenvalue weighted by Crippen LogP contribution is 2.43. The van der Waals surface area contributed by atoms with Crippen molar-refractivity contribution >= 4 is 34.8 Å². The summed E-state index contributed by atoms with van der Waals surface area (Å²) in [6.07, 6.45) is -5.42. The van der Waals surface area contributed by atoms with Gasteiger partial charge in [0.25, 0.3) is 0 Å². The molecule has 0 heterocycles. The summed E-state index contributed by atoms with van der Waals surface area (Å²) in [6.45, 7) is 0. The molecule has 0 rings (SSSR count). The molecule has 0 amide bonds. The lowest BCUT2D eigenvalue weighted by molar-refractivity contribution is -0.146. The van der Waals surface area contributed by atoms with Gasteiger partial charge in [-0.3, -0.25) is 0 Å². The van der Waals surface area contributed by atoms with E-state index in [0.29, 0.717) is 0 Å². The van der Waals surface area contributed by atoms with E-state index in [4.69, 9.17) is 34.8 Å². The Kier molecular flexibility index (Phi) is 4.44. The van der Waals surface area contributed by atoms with E-state index in [1.54, 1.807) is 0 Å². The predicted octanol–water partition coefficient (Wildman–Crippen LogP) is 3.32. The van der Waals surface area contributed by atoms with Crippen LogP contribution < -0.4 is 0 Å². The van der Waals surface area contributed by atoms with Crippen molar-refractivity contribution in [1.82, 2.24) is 0 Å². The molecule has 7 heteroatoms. The van der Waals surface area contributed by atoms with Crippen molar-refractivity contribution in [1.29, 1.82) is 0 Å². The number of methoxy groups -OCH3 is 1. The van der Waals surface area contributed by atoms with Gasteiger partial charge >= 0.3 is 6.18 Å². The Balaban J connectivity index is 4.22. The van der Waals surface area contributed by atoms with Crippen molar-refractivity contribution in [2.45, 2.75) is 22.5 Å². The molecule has 1 unspecified atom stereocenters. The molecule has 0 aliphatic heterocycles. The van der Waals surface area contributed by atoms with Gasteiger partial charge in [0.1, 0.15) is 5.56 Å². The molecule has 0 radical (unpaired) electrons. The van der Waals surface area contributed by atoms with Gasteiger partial charge in [-0.1, -0.05) is 34.8 Å². The van der Waals surface area contributed by atoms with Gasteiger partial charge in [-0.15, -0.1) is 0 Å². The third-order valence-electron chi connectivity index (χ3n) is 1.09. The molecular formula is C5H6Cl3F3O. The Morgan fingerprint density at radius 2 is 1.75 bits per heavy atom. The third kappa shape index (κ3) is 3.56. The maximum atomic E-state index is 12.0. The van der Waals surface area contributed by atoms with Crippen LogP contribution in [0.4, 0.5) is 13.2 Å². The van der Waals surface area contributed by atoms with E-state index < -0.39 is 22.5 Å². The highest BCUT2D eigenvalue weighted by Gasteiger charge is 2.53. The lowest BCUT2D eigenvalue weighted by Gasteiger charge is -2.24. The maximum absolute atomic E-state index is 12.0. The molecule has 0 fully saturated rings. The summed E-state index contributed by atoms with van der Waals surface area (Å²) in [5, 5.41) is 0. The van der Waals surface area contributed by atoms with Gasteiger partial charge in [0, 0.05) is 13.5 Å². The minimum atomic E-state index is -4.71. The van der Waals surface area contributed by atoms with Crippen LogP contribution >= 0.6 is 34.8 Å². The number of hydrogen-bond acceptors (Lipinski definition) is 1. The molecule has 0 bridgehead atoms. The van der Waals surface area contributed by atoms with Crippen molar-refractivity contribution in [3.05, 3.63) is 0 Å². The van der Waals surface area contributed by atoms with Crippen molar-refractivity contribution in [3.63, 3.8) is 0 Å². The second-order valence-corrected chi connectivity index (χ2v) is 4.02. The van der Waals surface area contributed by atoms with Crippen LogP contribution in [0.2, 0.25) is 0 Å². The molecule has 1 atom stereocenters. The van der Waals surface area contributed by atoms with Crippen molar-refractivity contribution in [3.8, 4) is 0 Å². The summed E-state index contributed by atoms with van der Waals surface area (Å²) in [5.74, 6) is 0. The number of alkyl halides is 6. The van der Waals surface area contributed by atoms with E-state index >= 15 is 0 Å². The molecule has 1 nitrogen and oxygen atoms in total. The molecular weight excluding hydrogens is 239 g/mol.